The minimum Gasteiger partial charge on any atom is -0.391 e. The van der Waals surface area contributed by atoms with Gasteiger partial charge in [-0.3, -0.25) is 10.00 Å². The minimum atomic E-state index is -0.310. The molecular formula is C22H29N5O. The van der Waals surface area contributed by atoms with Crippen LogP contribution in [0.15, 0.2) is 42.7 Å². The van der Waals surface area contributed by atoms with Crippen molar-refractivity contribution in [2.24, 2.45) is 5.92 Å². The van der Waals surface area contributed by atoms with Crippen LogP contribution in [0.5, 0.6) is 0 Å². The van der Waals surface area contributed by atoms with Crippen molar-refractivity contribution in [2.45, 2.75) is 45.8 Å². The lowest BCUT2D eigenvalue weighted by molar-refractivity contribution is 0.140. The van der Waals surface area contributed by atoms with Gasteiger partial charge in [0.2, 0.25) is 0 Å². The van der Waals surface area contributed by atoms with Crippen molar-refractivity contribution < 1.29 is 5.11 Å². The Balaban J connectivity index is 1.37. The van der Waals surface area contributed by atoms with Crippen molar-refractivity contribution in [1.29, 1.82) is 0 Å². The number of likely N-dealkylation sites (tertiary alicyclic amines) is 1. The standard InChI is InChI=1S/C22H29N5O/c1-15(2)18-4-6-21(7-5-18)27-12-17(10-23-27)11-26-13-19(22(28)14-26)9-20-8-16(3)24-25-20/h4-8,10,12,15,19,22,28H,9,11,13-14H2,1-3H3,(H,24,25)/t19-,22+/m1/s1. The first-order valence-electron chi connectivity index (χ1n) is 10.0. The second-order valence-electron chi connectivity index (χ2n) is 8.31. The van der Waals surface area contributed by atoms with Crippen LogP contribution in [-0.4, -0.2) is 49.2 Å². The molecule has 0 amide bonds. The van der Waals surface area contributed by atoms with E-state index in [2.05, 4.69) is 70.6 Å². The van der Waals surface area contributed by atoms with Crippen molar-refractivity contribution in [1.82, 2.24) is 24.9 Å². The normalized spacial score (nSPS) is 20.3. The van der Waals surface area contributed by atoms with Crippen molar-refractivity contribution in [2.75, 3.05) is 13.1 Å². The average Bonchev–Trinajstić information content (AvgIpc) is 3.37. The van der Waals surface area contributed by atoms with E-state index < -0.39 is 0 Å². The number of H-pyrrole nitrogens is 1. The molecule has 1 aliphatic rings. The highest BCUT2D eigenvalue weighted by Gasteiger charge is 2.31. The van der Waals surface area contributed by atoms with E-state index in [1.54, 1.807) is 0 Å². The molecule has 1 aromatic carbocycles. The molecule has 0 aliphatic carbocycles. The largest absolute Gasteiger partial charge is 0.391 e. The summed E-state index contributed by atoms with van der Waals surface area (Å²) in [7, 11) is 0. The number of hydrogen-bond donors (Lipinski definition) is 2. The highest BCUT2D eigenvalue weighted by molar-refractivity contribution is 5.35. The Kier molecular flexibility index (Phi) is 5.33. The molecule has 0 radical (unpaired) electrons. The Morgan fingerprint density at radius 3 is 2.68 bits per heavy atom. The molecule has 148 valence electrons. The Morgan fingerprint density at radius 1 is 1.21 bits per heavy atom. The Bertz CT molecular complexity index is 911. The van der Waals surface area contributed by atoms with E-state index in [0.29, 0.717) is 12.5 Å². The van der Waals surface area contributed by atoms with Crippen LogP contribution in [0.2, 0.25) is 0 Å². The predicted molar refractivity (Wildman–Crippen MR) is 109 cm³/mol. The van der Waals surface area contributed by atoms with Gasteiger partial charge in [0.15, 0.2) is 0 Å². The molecule has 1 fully saturated rings. The lowest BCUT2D eigenvalue weighted by Crippen LogP contribution is -2.21. The zero-order valence-corrected chi connectivity index (χ0v) is 16.8. The molecular weight excluding hydrogens is 350 g/mol. The summed E-state index contributed by atoms with van der Waals surface area (Å²) in [5.41, 5.74) is 5.66. The van der Waals surface area contributed by atoms with E-state index in [4.69, 9.17) is 0 Å². The Labute approximate surface area is 166 Å². The summed E-state index contributed by atoms with van der Waals surface area (Å²) >= 11 is 0. The summed E-state index contributed by atoms with van der Waals surface area (Å²) in [6, 6.07) is 10.6. The molecule has 0 unspecified atom stereocenters. The second kappa shape index (κ2) is 7.89. The average molecular weight is 380 g/mol. The smallest absolute Gasteiger partial charge is 0.0711 e. The van der Waals surface area contributed by atoms with E-state index in [0.717, 1.165) is 42.1 Å². The van der Waals surface area contributed by atoms with Gasteiger partial charge in [0, 0.05) is 43.0 Å². The molecule has 6 nitrogen and oxygen atoms in total. The van der Waals surface area contributed by atoms with Gasteiger partial charge >= 0.3 is 0 Å². The maximum atomic E-state index is 10.5. The van der Waals surface area contributed by atoms with Crippen LogP contribution < -0.4 is 0 Å². The summed E-state index contributed by atoms with van der Waals surface area (Å²) in [4.78, 5) is 2.30. The van der Waals surface area contributed by atoms with Gasteiger partial charge in [0.05, 0.1) is 23.7 Å². The number of hydrogen-bond acceptors (Lipinski definition) is 4. The topological polar surface area (TPSA) is 70.0 Å². The number of aliphatic hydroxyl groups excluding tert-OH is 1. The van der Waals surface area contributed by atoms with E-state index >= 15 is 0 Å². The fraction of sp³-hybridized carbons (Fsp3) is 0.455. The predicted octanol–water partition coefficient (Wildman–Crippen LogP) is 3.06. The van der Waals surface area contributed by atoms with Crippen LogP contribution in [-0.2, 0) is 13.0 Å². The van der Waals surface area contributed by atoms with Crippen LogP contribution in [0.1, 0.15) is 42.3 Å². The summed E-state index contributed by atoms with van der Waals surface area (Å²) in [5, 5.41) is 22.3. The SMILES string of the molecule is Cc1cc(C[C@@H]2CN(Cc3cnn(-c4ccc(C(C)C)cc4)c3)C[C@@H]2O)n[nH]1. The fourth-order valence-electron chi connectivity index (χ4n) is 3.97. The monoisotopic (exact) mass is 379 g/mol. The van der Waals surface area contributed by atoms with E-state index in [-0.39, 0.29) is 12.0 Å². The summed E-state index contributed by atoms with van der Waals surface area (Å²) in [6.45, 7) is 8.78. The molecule has 1 saturated heterocycles. The molecule has 28 heavy (non-hydrogen) atoms. The highest BCUT2D eigenvalue weighted by atomic mass is 16.3. The van der Waals surface area contributed by atoms with Crippen LogP contribution in [0.3, 0.4) is 0 Å². The first-order chi connectivity index (χ1) is 13.5. The zero-order valence-electron chi connectivity index (χ0n) is 16.8. The fourth-order valence-corrected chi connectivity index (χ4v) is 3.97. The first-order valence-corrected chi connectivity index (χ1v) is 10.0. The van der Waals surface area contributed by atoms with Crippen LogP contribution in [0, 0.1) is 12.8 Å². The van der Waals surface area contributed by atoms with E-state index in [1.807, 2.05) is 17.8 Å². The van der Waals surface area contributed by atoms with Crippen molar-refractivity contribution in [3.05, 3.63) is 65.2 Å². The number of rotatable bonds is 6. The van der Waals surface area contributed by atoms with Gasteiger partial charge in [-0.2, -0.15) is 10.2 Å². The summed E-state index contributed by atoms with van der Waals surface area (Å²) < 4.78 is 1.93. The van der Waals surface area contributed by atoms with Gasteiger partial charge in [-0.05, 0) is 43.0 Å². The Hall–Kier alpha value is -2.44. The second-order valence-corrected chi connectivity index (χ2v) is 8.31. The quantitative estimate of drug-likeness (QED) is 0.691. The van der Waals surface area contributed by atoms with Crippen LogP contribution in [0.25, 0.3) is 5.69 Å². The van der Waals surface area contributed by atoms with Crippen LogP contribution in [0.4, 0.5) is 0 Å². The minimum absolute atomic E-state index is 0.223. The van der Waals surface area contributed by atoms with Gasteiger partial charge in [-0.15, -0.1) is 0 Å². The van der Waals surface area contributed by atoms with Gasteiger partial charge in [-0.25, -0.2) is 4.68 Å². The number of aromatic nitrogens is 4. The van der Waals surface area contributed by atoms with Gasteiger partial charge in [0.1, 0.15) is 0 Å². The van der Waals surface area contributed by atoms with Crippen LogP contribution >= 0.6 is 0 Å². The Morgan fingerprint density at radius 2 is 2.00 bits per heavy atom. The first kappa shape index (κ1) is 18.9. The zero-order chi connectivity index (χ0) is 19.7. The molecule has 2 N–H and O–H groups in total. The maximum absolute atomic E-state index is 10.5. The number of aromatic amines is 1. The van der Waals surface area contributed by atoms with Crippen molar-refractivity contribution in [3.63, 3.8) is 0 Å². The molecule has 0 bridgehead atoms. The third kappa shape index (κ3) is 4.18. The van der Waals surface area contributed by atoms with Crippen molar-refractivity contribution >= 4 is 0 Å². The van der Waals surface area contributed by atoms with Crippen molar-refractivity contribution in [3.8, 4) is 5.69 Å². The van der Waals surface area contributed by atoms with Gasteiger partial charge in [-0.1, -0.05) is 26.0 Å². The number of aryl methyl sites for hydroxylation is 1. The number of benzene rings is 1. The third-order valence-electron chi connectivity index (χ3n) is 5.58. The molecule has 2 atom stereocenters. The van der Waals surface area contributed by atoms with Gasteiger partial charge in [0.25, 0.3) is 0 Å². The molecule has 0 spiro atoms. The van der Waals surface area contributed by atoms with E-state index in [9.17, 15) is 5.11 Å². The molecule has 3 aromatic rings. The molecule has 2 aromatic heterocycles. The molecule has 0 saturated carbocycles. The van der Waals surface area contributed by atoms with E-state index in [1.165, 1.54) is 5.56 Å². The molecule has 4 rings (SSSR count). The lowest BCUT2D eigenvalue weighted by atomic mass is 10.0. The number of nitrogens with one attached hydrogen (secondary N) is 1. The third-order valence-corrected chi connectivity index (χ3v) is 5.58. The summed E-state index contributed by atoms with van der Waals surface area (Å²) in [5.74, 6) is 0.753. The number of nitrogens with zero attached hydrogens (tertiary/aromatic N) is 4. The highest BCUT2D eigenvalue weighted by Crippen LogP contribution is 2.23. The molecule has 1 aliphatic heterocycles. The number of β-amino-alcohol motifs (C(OH)–C–C–N with tert-alkyl or cyclic N) is 1. The number of aliphatic hydroxyl groups is 1. The lowest BCUT2D eigenvalue weighted by Gasteiger charge is -2.14. The maximum Gasteiger partial charge on any atom is 0.0711 e. The molecule has 6 heteroatoms. The summed E-state index contributed by atoms with van der Waals surface area (Å²) in [6.07, 6.45) is 4.51. The van der Waals surface area contributed by atoms with Gasteiger partial charge < -0.3 is 5.11 Å². The molecule has 3 heterocycles.